The van der Waals surface area contributed by atoms with E-state index in [2.05, 4.69) is 34.5 Å². The summed E-state index contributed by atoms with van der Waals surface area (Å²) >= 11 is 0. The number of carbonyl (C=O) groups excluding carboxylic acids is 1. The van der Waals surface area contributed by atoms with Crippen molar-refractivity contribution < 1.29 is 29.0 Å². The van der Waals surface area contributed by atoms with Gasteiger partial charge < -0.3 is 19.9 Å². The number of carbonyl (C=O) groups is 3. The summed E-state index contributed by atoms with van der Waals surface area (Å²) in [5.41, 5.74) is 2.77. The lowest BCUT2D eigenvalue weighted by Crippen LogP contribution is -2.38. The Bertz CT molecular complexity index is 901. The monoisotopic (exact) mass is 428 g/mol. The maximum atomic E-state index is 12.5. The Morgan fingerprint density at radius 3 is 2.45 bits per heavy atom. The molecular weight excluding hydrogens is 400 g/mol. The molecule has 8 heteroatoms. The third kappa shape index (κ3) is 6.18. The number of carboxylic acids is 1. The van der Waals surface area contributed by atoms with Gasteiger partial charge in [-0.05, 0) is 55.4 Å². The van der Waals surface area contributed by atoms with Crippen molar-refractivity contribution in [3.05, 3.63) is 59.0 Å². The molecule has 8 nitrogen and oxygen atoms in total. The number of benzene rings is 1. The molecule has 1 fully saturated rings. The molecule has 3 N–H and O–H groups in total. The van der Waals surface area contributed by atoms with Crippen molar-refractivity contribution in [2.24, 2.45) is 5.92 Å². The number of hydrogen-bond donors (Lipinski definition) is 3. The highest BCUT2D eigenvalue weighted by molar-refractivity contribution is 5.91. The van der Waals surface area contributed by atoms with Crippen LogP contribution in [0, 0.1) is 5.92 Å². The largest absolute Gasteiger partial charge is 0.483 e. The fourth-order valence-electron chi connectivity index (χ4n) is 4.24. The number of carboxylic acid groups (broad SMARTS) is 2. The lowest BCUT2D eigenvalue weighted by Gasteiger charge is -2.27. The Hall–Kier alpha value is -3.13. The summed E-state index contributed by atoms with van der Waals surface area (Å²) in [5, 5.41) is 18.9. The minimum atomic E-state index is -0.735. The molecule has 2 aromatic rings. The van der Waals surface area contributed by atoms with Gasteiger partial charge >= 0.3 is 5.97 Å². The van der Waals surface area contributed by atoms with E-state index in [1.165, 1.54) is 11.1 Å². The van der Waals surface area contributed by atoms with Crippen molar-refractivity contribution in [3.63, 3.8) is 0 Å². The van der Waals surface area contributed by atoms with Gasteiger partial charge in [-0.15, -0.1) is 0 Å². The quantitative estimate of drug-likeness (QED) is 0.626. The molecule has 0 spiro atoms. The van der Waals surface area contributed by atoms with Crippen LogP contribution in [-0.2, 0) is 29.1 Å². The average Bonchev–Trinajstić information content (AvgIpc) is 3.23. The van der Waals surface area contributed by atoms with E-state index in [0.717, 1.165) is 25.3 Å². The number of nitrogens with zero attached hydrogens (tertiary/aromatic N) is 1. The highest BCUT2D eigenvalue weighted by atomic mass is 16.4. The molecular formula is C23H28N2O6. The number of aliphatic carboxylic acids is 1. The second kappa shape index (κ2) is 10.8. The van der Waals surface area contributed by atoms with Crippen LogP contribution in [0.1, 0.15) is 53.1 Å². The van der Waals surface area contributed by atoms with Gasteiger partial charge in [-0.3, -0.25) is 19.3 Å². The molecule has 31 heavy (non-hydrogen) atoms. The highest BCUT2D eigenvalue weighted by Crippen LogP contribution is 2.25. The Kier molecular flexibility index (Phi) is 7.83. The van der Waals surface area contributed by atoms with E-state index in [-0.39, 0.29) is 24.3 Å². The van der Waals surface area contributed by atoms with Gasteiger partial charge in [-0.25, -0.2) is 0 Å². The summed E-state index contributed by atoms with van der Waals surface area (Å²) in [6.45, 7) is 2.31. The van der Waals surface area contributed by atoms with Crippen LogP contribution in [0.5, 0.6) is 0 Å². The molecule has 0 bridgehead atoms. The minimum absolute atomic E-state index is 0.0234. The summed E-state index contributed by atoms with van der Waals surface area (Å²) in [6, 6.07) is 12.1. The Morgan fingerprint density at radius 2 is 1.77 bits per heavy atom. The van der Waals surface area contributed by atoms with Crippen molar-refractivity contribution in [2.45, 2.75) is 51.2 Å². The number of furan rings is 1. The SMILES string of the molecule is O=C(NC1CCC(C(=O)O)CC1)c1ccc(CN2CCc3ccccc3C2)o1.O=CO. The van der Waals surface area contributed by atoms with Crippen LogP contribution in [0.25, 0.3) is 0 Å². The second-order valence-corrected chi connectivity index (χ2v) is 7.96. The van der Waals surface area contributed by atoms with E-state index in [9.17, 15) is 9.59 Å². The topological polar surface area (TPSA) is 120 Å². The van der Waals surface area contributed by atoms with Gasteiger partial charge in [-0.1, -0.05) is 24.3 Å². The molecule has 1 saturated carbocycles. The van der Waals surface area contributed by atoms with Gasteiger partial charge in [-0.2, -0.15) is 0 Å². The van der Waals surface area contributed by atoms with Crippen molar-refractivity contribution in [1.29, 1.82) is 0 Å². The number of hydrogen-bond acceptors (Lipinski definition) is 5. The zero-order valence-corrected chi connectivity index (χ0v) is 17.3. The summed E-state index contributed by atoms with van der Waals surface area (Å²) in [5.74, 6) is -0.111. The predicted octanol–water partition coefficient (Wildman–Crippen LogP) is 2.91. The Balaban J connectivity index is 0.000000858. The average molecular weight is 428 g/mol. The molecule has 2 aliphatic rings. The van der Waals surface area contributed by atoms with E-state index in [4.69, 9.17) is 19.4 Å². The van der Waals surface area contributed by atoms with Crippen LogP contribution >= 0.6 is 0 Å². The molecule has 1 aromatic heterocycles. The summed E-state index contributed by atoms with van der Waals surface area (Å²) in [7, 11) is 0. The zero-order chi connectivity index (χ0) is 22.2. The fourth-order valence-corrected chi connectivity index (χ4v) is 4.24. The summed E-state index contributed by atoms with van der Waals surface area (Å²) in [4.78, 5) is 34.2. The van der Waals surface area contributed by atoms with Gasteiger partial charge in [0.1, 0.15) is 5.76 Å². The maximum Gasteiger partial charge on any atom is 0.306 e. The molecule has 1 aliphatic heterocycles. The molecule has 1 amide bonds. The zero-order valence-electron chi connectivity index (χ0n) is 17.3. The van der Waals surface area contributed by atoms with E-state index in [1.54, 1.807) is 6.07 Å². The second-order valence-electron chi connectivity index (χ2n) is 7.96. The Labute approximate surface area is 180 Å². The molecule has 2 heterocycles. The minimum Gasteiger partial charge on any atom is -0.483 e. The molecule has 1 aliphatic carbocycles. The number of rotatable bonds is 5. The predicted molar refractivity (Wildman–Crippen MR) is 113 cm³/mol. The van der Waals surface area contributed by atoms with Crippen LogP contribution in [0.2, 0.25) is 0 Å². The van der Waals surface area contributed by atoms with E-state index in [0.29, 0.717) is 38.0 Å². The van der Waals surface area contributed by atoms with Crippen molar-refractivity contribution >= 4 is 18.3 Å². The Morgan fingerprint density at radius 1 is 1.10 bits per heavy atom. The van der Waals surface area contributed by atoms with E-state index >= 15 is 0 Å². The van der Waals surface area contributed by atoms with Gasteiger partial charge in [0, 0.05) is 19.1 Å². The van der Waals surface area contributed by atoms with Crippen LogP contribution < -0.4 is 5.32 Å². The first-order valence-electron chi connectivity index (χ1n) is 10.5. The lowest BCUT2D eigenvalue weighted by atomic mass is 9.86. The lowest BCUT2D eigenvalue weighted by molar-refractivity contribution is -0.142. The first kappa shape index (κ1) is 22.6. The van der Waals surface area contributed by atoms with Gasteiger partial charge in [0.05, 0.1) is 12.5 Å². The third-order valence-electron chi connectivity index (χ3n) is 5.89. The maximum absolute atomic E-state index is 12.5. The van der Waals surface area contributed by atoms with Crippen LogP contribution in [-0.4, -0.2) is 46.0 Å². The van der Waals surface area contributed by atoms with Crippen LogP contribution in [0.15, 0.2) is 40.8 Å². The molecule has 0 saturated heterocycles. The van der Waals surface area contributed by atoms with Crippen molar-refractivity contribution in [2.75, 3.05) is 6.54 Å². The first-order valence-corrected chi connectivity index (χ1v) is 10.5. The molecule has 0 unspecified atom stereocenters. The third-order valence-corrected chi connectivity index (χ3v) is 5.89. The molecule has 1 aromatic carbocycles. The summed E-state index contributed by atoms with van der Waals surface area (Å²) in [6.07, 6.45) is 3.65. The van der Waals surface area contributed by atoms with Crippen LogP contribution in [0.3, 0.4) is 0 Å². The first-order chi connectivity index (χ1) is 15.0. The number of fused-ring (bicyclic) bond motifs is 1. The normalized spacial score (nSPS) is 20.6. The molecule has 0 atom stereocenters. The number of amides is 1. The molecule has 166 valence electrons. The standard InChI is InChI=1S/C22H26N2O4.CH2O2/c25-21(23-18-7-5-16(6-8-18)22(26)27)20-10-9-19(28-20)14-24-12-11-15-3-1-2-4-17(15)13-24;2-1-3/h1-4,9-10,16,18H,5-8,11-14H2,(H,23,25)(H,26,27);1H,(H,2,3). The van der Waals surface area contributed by atoms with Crippen LogP contribution in [0.4, 0.5) is 0 Å². The highest BCUT2D eigenvalue weighted by Gasteiger charge is 2.27. The fraction of sp³-hybridized carbons (Fsp3) is 0.435. The number of nitrogens with one attached hydrogen (secondary N) is 1. The van der Waals surface area contributed by atoms with Gasteiger partial charge in [0.2, 0.25) is 0 Å². The van der Waals surface area contributed by atoms with Gasteiger partial charge in [0.15, 0.2) is 5.76 Å². The van der Waals surface area contributed by atoms with E-state index in [1.807, 2.05) is 6.07 Å². The molecule has 4 rings (SSSR count). The van der Waals surface area contributed by atoms with Gasteiger partial charge in [0.25, 0.3) is 12.4 Å². The summed E-state index contributed by atoms with van der Waals surface area (Å²) < 4.78 is 5.79. The molecule has 0 radical (unpaired) electrons. The van der Waals surface area contributed by atoms with E-state index < -0.39 is 5.97 Å². The smallest absolute Gasteiger partial charge is 0.306 e. The van der Waals surface area contributed by atoms with Crippen molar-refractivity contribution in [1.82, 2.24) is 10.2 Å². The van der Waals surface area contributed by atoms with Crippen molar-refractivity contribution in [3.8, 4) is 0 Å².